The quantitative estimate of drug-likeness (QED) is 0.0223. The van der Waals surface area contributed by atoms with E-state index < -0.39 is 148 Å². The number of fused-ring (bicyclic) bond motifs is 3. The Balaban J connectivity index is 0.870. The molecule has 3 saturated heterocycles. The molecule has 0 bridgehead atoms. The number of phosphoric acid groups is 2. The number of methoxy groups -OCH3 is 2. The van der Waals surface area contributed by atoms with Crippen molar-refractivity contribution in [1.29, 1.82) is 0 Å². The van der Waals surface area contributed by atoms with Gasteiger partial charge in [0.1, 0.15) is 54.1 Å². The number of hydrogen-bond donors (Lipinski definition) is 13. The summed E-state index contributed by atoms with van der Waals surface area (Å²) in [5, 5.41) is 33.4. The summed E-state index contributed by atoms with van der Waals surface area (Å²) in [6.07, 6.45) is -11.3. The first-order chi connectivity index (χ1) is 37.9. The Morgan fingerprint density at radius 2 is 1.30 bits per heavy atom. The maximum absolute atomic E-state index is 14.4. The molecule has 9 heterocycles. The Bertz CT molecular complexity index is 3710. The minimum atomic E-state index is -6.00. The molecule has 81 heavy (non-hydrogen) atoms. The highest BCUT2D eigenvalue weighted by Crippen LogP contribution is 2.70. The van der Waals surface area contributed by atoms with Gasteiger partial charge in [-0.2, -0.15) is 4.98 Å². The van der Waals surface area contributed by atoms with Gasteiger partial charge in [0.15, 0.2) is 47.3 Å². The molecule has 17 atom stereocenters. The number of nitrogens with two attached hydrogens (primary N) is 3. The van der Waals surface area contributed by atoms with E-state index in [1.165, 1.54) is 34.2 Å². The largest absolute Gasteiger partial charge is 0.479 e. The summed E-state index contributed by atoms with van der Waals surface area (Å²) in [5.74, 6) is -3.82. The molecule has 3 fully saturated rings. The monoisotopic (exact) mass is 1250 g/mol. The van der Waals surface area contributed by atoms with Gasteiger partial charge in [-0.05, 0) is 6.42 Å². The molecule has 16 N–H and O–H groups in total. The van der Waals surface area contributed by atoms with Crippen molar-refractivity contribution in [3.63, 3.8) is 0 Å². The molecule has 3 aliphatic heterocycles. The average Bonchev–Trinajstić information content (AvgIpc) is 4.31. The molecule has 0 amide bonds. The Hall–Kier alpha value is -4.92. The van der Waals surface area contributed by atoms with Gasteiger partial charge in [-0.15, -0.1) is 0 Å². The Morgan fingerprint density at radius 1 is 0.704 bits per heavy atom. The van der Waals surface area contributed by atoms with E-state index in [9.17, 15) is 72.2 Å². The molecule has 40 nitrogen and oxygen atoms in total. The number of nitrogen functional groups attached to an aromatic ring is 3. The molecule has 3 aliphatic rings. The average molecular weight is 1250 g/mol. The fourth-order valence-corrected chi connectivity index (χ4v) is 18.0. The molecule has 45 heteroatoms. The van der Waals surface area contributed by atoms with Crippen LogP contribution in [0, 0.1) is 5.92 Å². The number of nitrogens with zero attached hydrogens (tertiary/aromatic N) is 10. The number of aliphatic hydroxyl groups is 3. The van der Waals surface area contributed by atoms with Crippen LogP contribution >= 0.6 is 38.4 Å². The molecule has 6 aromatic rings. The number of aromatic nitrogens is 12. The van der Waals surface area contributed by atoms with Crippen molar-refractivity contribution < 1.29 is 113 Å². The van der Waals surface area contributed by atoms with Gasteiger partial charge in [0.05, 0.1) is 45.6 Å². The third kappa shape index (κ3) is 12.5. The molecule has 0 aromatic carbocycles. The second-order valence-electron chi connectivity index (χ2n) is 18.4. The third-order valence-corrected chi connectivity index (χ3v) is 22.4. The Kier molecular flexibility index (Phi) is 17.2. The van der Waals surface area contributed by atoms with Gasteiger partial charge < -0.3 is 85.2 Å². The zero-order valence-corrected chi connectivity index (χ0v) is 46.4. The number of nitrogens with one attached hydrogen (secondary N) is 2. The number of aliphatic hydroxyl groups excluding tert-OH is 3. The van der Waals surface area contributed by atoms with Gasteiger partial charge in [0, 0.05) is 26.7 Å². The van der Waals surface area contributed by atoms with Crippen molar-refractivity contribution in [3.05, 3.63) is 46.0 Å². The molecular weight excluding hydrogens is 1200 g/mol. The Morgan fingerprint density at radius 3 is 1.95 bits per heavy atom. The number of hydrogen-bond acceptors (Lipinski definition) is 29. The minimum Gasteiger partial charge on any atom is -0.387 e. The molecule has 0 radical (unpaired) electrons. The number of aromatic amines is 2. The highest BCUT2D eigenvalue weighted by Gasteiger charge is 2.58. The van der Waals surface area contributed by atoms with E-state index in [1.54, 1.807) is 0 Å². The van der Waals surface area contributed by atoms with Crippen LogP contribution in [0.5, 0.6) is 0 Å². The number of anilines is 3. The summed E-state index contributed by atoms with van der Waals surface area (Å²) in [6.45, 7) is -3.24. The second kappa shape index (κ2) is 22.9. The van der Waals surface area contributed by atoms with Crippen LogP contribution in [0.4, 0.5) is 17.7 Å². The molecule has 6 unspecified atom stereocenters. The number of phosphoric ester groups is 2. The molecular formula is C36H53N15O25P5+. The maximum Gasteiger partial charge on any atom is 0.479 e. The van der Waals surface area contributed by atoms with Crippen LogP contribution < -0.4 is 32.9 Å². The minimum absolute atomic E-state index is 0.0144. The summed E-state index contributed by atoms with van der Waals surface area (Å²) in [5.41, 5.74) is 13.6. The lowest BCUT2D eigenvalue weighted by molar-refractivity contribution is -0.745. The lowest BCUT2D eigenvalue weighted by Crippen LogP contribution is -2.45. The van der Waals surface area contributed by atoms with Gasteiger partial charge in [-0.1, -0.05) is 4.98 Å². The van der Waals surface area contributed by atoms with Crippen molar-refractivity contribution >= 4 is 89.6 Å². The third-order valence-electron chi connectivity index (χ3n) is 13.0. The summed E-state index contributed by atoms with van der Waals surface area (Å²) in [4.78, 5) is 108. The number of rotatable bonds is 23. The summed E-state index contributed by atoms with van der Waals surface area (Å²) >= 11 is 0. The first kappa shape index (κ1) is 60.7. The van der Waals surface area contributed by atoms with Gasteiger partial charge in [0.25, 0.3) is 17.1 Å². The van der Waals surface area contributed by atoms with Crippen LogP contribution in [0.3, 0.4) is 0 Å². The summed E-state index contributed by atoms with van der Waals surface area (Å²) < 4.78 is 125. The first-order valence-electron chi connectivity index (χ1n) is 23.4. The van der Waals surface area contributed by atoms with E-state index in [1.807, 2.05) is 0 Å². The van der Waals surface area contributed by atoms with E-state index in [4.69, 9.17) is 54.5 Å². The second-order valence-corrected chi connectivity index (χ2v) is 27.7. The molecule has 0 aliphatic carbocycles. The van der Waals surface area contributed by atoms with Crippen LogP contribution in [0.2, 0.25) is 0 Å². The molecule has 446 valence electrons. The molecule has 0 spiro atoms. The predicted octanol–water partition coefficient (Wildman–Crippen LogP) is -3.12. The zero-order valence-electron chi connectivity index (χ0n) is 41.9. The van der Waals surface area contributed by atoms with Crippen LogP contribution in [-0.2, 0) is 75.7 Å². The van der Waals surface area contributed by atoms with Crippen molar-refractivity contribution in [1.82, 2.24) is 53.6 Å². The maximum atomic E-state index is 14.4. The van der Waals surface area contributed by atoms with Crippen molar-refractivity contribution in [2.75, 3.05) is 63.8 Å². The van der Waals surface area contributed by atoms with E-state index in [0.717, 1.165) is 30.7 Å². The fourth-order valence-electron chi connectivity index (χ4n) is 9.51. The summed E-state index contributed by atoms with van der Waals surface area (Å²) in [6, 6.07) is 0. The smallest absolute Gasteiger partial charge is 0.387 e. The fraction of sp³-hybridized carbons (Fsp3) is 0.583. The molecule has 9 rings (SSSR count). The van der Waals surface area contributed by atoms with Gasteiger partial charge >= 0.3 is 44.1 Å². The van der Waals surface area contributed by atoms with E-state index in [2.05, 4.69) is 48.5 Å². The summed E-state index contributed by atoms with van der Waals surface area (Å²) in [7, 11) is -25.0. The van der Waals surface area contributed by atoms with Crippen LogP contribution in [-0.4, -0.2) is 188 Å². The number of aryl methyl sites for hydroxylation is 1. The van der Waals surface area contributed by atoms with E-state index in [0.29, 0.717) is 0 Å². The van der Waals surface area contributed by atoms with E-state index in [-0.39, 0.29) is 64.2 Å². The van der Waals surface area contributed by atoms with Gasteiger partial charge in [-0.25, -0.2) is 42.3 Å². The van der Waals surface area contributed by atoms with Crippen molar-refractivity contribution in [3.8, 4) is 0 Å². The SMILES string of the molecule is COCC[C@H]1[C@@H](O)[C@H]([n+]2cn(C)c3c(=O)[nH]c(N)nc32)O[C@@H]1COP(=O)(O)OP(=O)(O)CP(=O)(O)OP(=O)(O)OCC1O[C@@H](n2cnc3c(N)ncnc32)[C@H](OC)[C@@H]1P(=O)(O)OC[C@H]1O[C@@H](n2cnc3c(=O)[nH]c(N)nc32)[C@H](O)[C@@H]1O. The van der Waals surface area contributed by atoms with Crippen LogP contribution in [0.1, 0.15) is 25.1 Å². The normalized spacial score (nSPS) is 29.9. The first-order valence-corrected chi connectivity index (χ1v) is 31.5. The van der Waals surface area contributed by atoms with Crippen LogP contribution in [0.25, 0.3) is 33.5 Å². The van der Waals surface area contributed by atoms with E-state index >= 15 is 0 Å². The standard InChI is InChI=1S/C36H52N15O25P5/c1-48-12-51(29-20(48)31(56)47-36(39)45-29)32-21(52)14(4-5-67-2)15(72-32)6-70-80(63,64)75-77(57,58)13-78(59,60)76-81(65,66)71-8-17-25(24(68-3)34(74-17)49-10-42-18-26(37)40-9-41-27(18)49)79(61,62)69-7-16-22(53)23(54)33(73-16)50-11-43-19-28(50)44-35(38)46-30(19)55/h9-12,14-17,21-25,32-34,52-54H,4-8,13H2,1-3H3,(H12-,37,38,39,40,41,44,45,46,47,55,56,57,58,59,60,61,62,63,64,65,66)/p+1/t14-,15-,16-,17?,21-,22-,23-,24-,25-,32-,33-,34-/m1/s1. The topological polar surface area (TPSA) is 579 Å². The highest BCUT2D eigenvalue weighted by atomic mass is 31.3. The van der Waals surface area contributed by atoms with Gasteiger partial charge in [0.2, 0.25) is 17.7 Å². The lowest BCUT2D eigenvalue weighted by Gasteiger charge is -2.28. The van der Waals surface area contributed by atoms with Gasteiger partial charge in [-0.3, -0.25) is 56.0 Å². The Labute approximate surface area is 451 Å². The number of imidazole rings is 3. The van der Waals surface area contributed by atoms with Crippen LogP contribution in [0.15, 0.2) is 34.9 Å². The zero-order chi connectivity index (χ0) is 58.9. The predicted molar refractivity (Wildman–Crippen MR) is 267 cm³/mol. The molecule has 0 saturated carbocycles. The number of ether oxygens (including phenoxy) is 5. The number of H-pyrrole nitrogens is 2. The van der Waals surface area contributed by atoms with Crippen molar-refractivity contribution in [2.24, 2.45) is 13.0 Å². The molecule has 6 aromatic heterocycles. The van der Waals surface area contributed by atoms with Crippen molar-refractivity contribution in [2.45, 2.75) is 73.5 Å². The highest BCUT2D eigenvalue weighted by molar-refractivity contribution is 7.76. The lowest BCUT2D eigenvalue weighted by atomic mass is 9.95.